The highest BCUT2D eigenvalue weighted by Crippen LogP contribution is 2.30. The Kier molecular flexibility index (Phi) is 4.52. The minimum atomic E-state index is -3.23. The van der Waals surface area contributed by atoms with Crippen LogP contribution in [0.25, 0.3) is 0 Å². The molecule has 0 fully saturated rings. The van der Waals surface area contributed by atoms with E-state index < -0.39 is 10.0 Å². The van der Waals surface area contributed by atoms with Crippen LogP contribution < -0.4 is 4.31 Å². The third kappa shape index (κ3) is 3.44. The lowest BCUT2D eigenvalue weighted by molar-refractivity contribution is 0.255. The number of sulfonamides is 1. The van der Waals surface area contributed by atoms with Gasteiger partial charge in [0, 0.05) is 19.6 Å². The van der Waals surface area contributed by atoms with Gasteiger partial charge in [-0.15, -0.1) is 0 Å². The molecule has 0 N–H and O–H groups in total. The number of hydrogen-bond acceptors (Lipinski definition) is 3. The maximum absolute atomic E-state index is 12.7. The highest BCUT2D eigenvalue weighted by atomic mass is 32.2. The smallest absolute Gasteiger partial charge is 0.235 e. The monoisotopic (exact) mass is 356 g/mol. The van der Waals surface area contributed by atoms with Gasteiger partial charge in [0.2, 0.25) is 10.0 Å². The Morgan fingerprint density at radius 2 is 1.52 bits per heavy atom. The number of anilines is 1. The first-order valence-corrected chi connectivity index (χ1v) is 10.6. The molecule has 0 saturated carbocycles. The van der Waals surface area contributed by atoms with Crippen molar-refractivity contribution in [1.29, 1.82) is 0 Å². The number of benzene rings is 2. The van der Waals surface area contributed by atoms with Crippen molar-refractivity contribution < 1.29 is 8.42 Å². The van der Waals surface area contributed by atoms with Crippen molar-refractivity contribution in [2.45, 2.75) is 25.8 Å². The molecule has 0 bridgehead atoms. The maximum atomic E-state index is 12.7. The SMILES string of the molecule is O=S(=O)(CCCN1CCc2ccccc2C1)N1CCc2ccccc21. The van der Waals surface area contributed by atoms with Crippen molar-refractivity contribution in [3.63, 3.8) is 0 Å². The number of para-hydroxylation sites is 1. The van der Waals surface area contributed by atoms with Crippen LogP contribution in [0, 0.1) is 0 Å². The Hall–Kier alpha value is -1.85. The highest BCUT2D eigenvalue weighted by molar-refractivity contribution is 7.92. The largest absolute Gasteiger partial charge is 0.299 e. The zero-order valence-corrected chi connectivity index (χ0v) is 15.2. The summed E-state index contributed by atoms with van der Waals surface area (Å²) < 4.78 is 27.1. The number of hydrogen-bond donors (Lipinski definition) is 0. The summed E-state index contributed by atoms with van der Waals surface area (Å²) in [5.74, 6) is 0.222. The molecule has 0 unspecified atom stereocenters. The lowest BCUT2D eigenvalue weighted by Crippen LogP contribution is -2.35. The van der Waals surface area contributed by atoms with Crippen molar-refractivity contribution in [3.8, 4) is 0 Å². The summed E-state index contributed by atoms with van der Waals surface area (Å²) in [6.45, 7) is 3.37. The van der Waals surface area contributed by atoms with Crippen LogP contribution in [0.1, 0.15) is 23.1 Å². The second-order valence-corrected chi connectivity index (χ2v) is 8.93. The van der Waals surface area contributed by atoms with Crippen molar-refractivity contribution in [3.05, 3.63) is 65.2 Å². The second-order valence-electron chi connectivity index (χ2n) is 6.92. The Morgan fingerprint density at radius 1 is 0.840 bits per heavy atom. The highest BCUT2D eigenvalue weighted by Gasteiger charge is 2.28. The average molecular weight is 356 g/mol. The summed E-state index contributed by atoms with van der Waals surface area (Å²) in [5.41, 5.74) is 4.82. The Bertz CT molecular complexity index is 864. The van der Waals surface area contributed by atoms with Gasteiger partial charge in [-0.1, -0.05) is 42.5 Å². The quantitative estimate of drug-likeness (QED) is 0.827. The van der Waals surface area contributed by atoms with E-state index in [9.17, 15) is 8.42 Å². The topological polar surface area (TPSA) is 40.6 Å². The van der Waals surface area contributed by atoms with E-state index in [-0.39, 0.29) is 5.75 Å². The van der Waals surface area contributed by atoms with Gasteiger partial charge in [0.25, 0.3) is 0 Å². The minimum Gasteiger partial charge on any atom is -0.299 e. The van der Waals surface area contributed by atoms with E-state index >= 15 is 0 Å². The van der Waals surface area contributed by atoms with Crippen LogP contribution in [-0.2, 0) is 29.4 Å². The van der Waals surface area contributed by atoms with E-state index in [1.165, 1.54) is 11.1 Å². The molecule has 0 atom stereocenters. The van der Waals surface area contributed by atoms with Gasteiger partial charge in [-0.2, -0.15) is 0 Å². The van der Waals surface area contributed by atoms with E-state index in [0.717, 1.165) is 43.7 Å². The molecule has 2 aliphatic rings. The van der Waals surface area contributed by atoms with Crippen LogP contribution in [0.4, 0.5) is 5.69 Å². The average Bonchev–Trinajstić information content (AvgIpc) is 3.06. The molecule has 2 aliphatic heterocycles. The molecule has 4 nitrogen and oxygen atoms in total. The van der Waals surface area contributed by atoms with Gasteiger partial charge in [-0.3, -0.25) is 9.21 Å². The van der Waals surface area contributed by atoms with Crippen molar-refractivity contribution >= 4 is 15.7 Å². The van der Waals surface area contributed by atoms with Crippen LogP contribution in [0.5, 0.6) is 0 Å². The van der Waals surface area contributed by atoms with Gasteiger partial charge < -0.3 is 0 Å². The maximum Gasteiger partial charge on any atom is 0.235 e. The van der Waals surface area contributed by atoms with E-state index in [4.69, 9.17) is 0 Å². The summed E-state index contributed by atoms with van der Waals surface area (Å²) in [5, 5.41) is 0. The standard InChI is InChI=1S/C20H24N2O2S/c23-25(24,22-14-11-18-7-3-4-9-20(18)22)15-5-12-21-13-10-17-6-1-2-8-19(17)16-21/h1-4,6-9H,5,10-16H2. The zero-order valence-electron chi connectivity index (χ0n) is 14.4. The van der Waals surface area contributed by atoms with E-state index in [1.54, 1.807) is 4.31 Å². The van der Waals surface area contributed by atoms with Crippen LogP contribution in [0.2, 0.25) is 0 Å². The molecule has 0 aliphatic carbocycles. The summed E-state index contributed by atoms with van der Waals surface area (Å²) in [6.07, 6.45) is 2.56. The molecule has 0 aromatic heterocycles. The molecule has 2 aromatic carbocycles. The molecule has 25 heavy (non-hydrogen) atoms. The first-order chi connectivity index (χ1) is 12.1. The van der Waals surface area contributed by atoms with Crippen molar-refractivity contribution in [1.82, 2.24) is 4.90 Å². The molecular formula is C20H24N2O2S. The molecule has 4 rings (SSSR count). The van der Waals surface area contributed by atoms with Crippen LogP contribution in [-0.4, -0.2) is 38.7 Å². The van der Waals surface area contributed by atoms with Gasteiger partial charge in [-0.05, 0) is 48.6 Å². The predicted octanol–water partition coefficient (Wildman–Crippen LogP) is 2.83. The molecule has 0 spiro atoms. The third-order valence-corrected chi connectivity index (χ3v) is 7.12. The molecule has 132 valence electrons. The van der Waals surface area contributed by atoms with E-state index in [1.807, 2.05) is 24.3 Å². The lowest BCUT2D eigenvalue weighted by Gasteiger charge is -2.29. The molecule has 5 heteroatoms. The van der Waals surface area contributed by atoms with Gasteiger partial charge in [0.1, 0.15) is 0 Å². The Morgan fingerprint density at radius 3 is 2.36 bits per heavy atom. The van der Waals surface area contributed by atoms with Gasteiger partial charge in [-0.25, -0.2) is 8.42 Å². The lowest BCUT2D eigenvalue weighted by atomic mass is 10.00. The predicted molar refractivity (Wildman–Crippen MR) is 101 cm³/mol. The summed E-state index contributed by atoms with van der Waals surface area (Å²) in [6, 6.07) is 16.4. The van der Waals surface area contributed by atoms with Gasteiger partial charge in [0.15, 0.2) is 0 Å². The van der Waals surface area contributed by atoms with E-state index in [0.29, 0.717) is 13.0 Å². The molecule has 2 aromatic rings. The number of fused-ring (bicyclic) bond motifs is 2. The first-order valence-electron chi connectivity index (χ1n) is 9.01. The van der Waals surface area contributed by atoms with Crippen LogP contribution >= 0.6 is 0 Å². The molecule has 0 saturated heterocycles. The van der Waals surface area contributed by atoms with E-state index in [2.05, 4.69) is 29.2 Å². The van der Waals surface area contributed by atoms with Crippen LogP contribution in [0.15, 0.2) is 48.5 Å². The first kappa shape index (κ1) is 16.6. The summed E-state index contributed by atoms with van der Waals surface area (Å²) in [7, 11) is -3.23. The van der Waals surface area contributed by atoms with Crippen molar-refractivity contribution in [2.75, 3.05) is 29.7 Å². The molecule has 0 amide bonds. The fourth-order valence-electron chi connectivity index (χ4n) is 3.92. The number of nitrogens with zero attached hydrogens (tertiary/aromatic N) is 2. The normalized spacial score (nSPS) is 17.4. The fourth-order valence-corrected chi connectivity index (χ4v) is 5.48. The van der Waals surface area contributed by atoms with Crippen LogP contribution in [0.3, 0.4) is 0 Å². The van der Waals surface area contributed by atoms with Gasteiger partial charge >= 0.3 is 0 Å². The third-order valence-electron chi connectivity index (χ3n) is 5.27. The fraction of sp³-hybridized carbons (Fsp3) is 0.400. The Labute approximate surface area is 150 Å². The summed E-state index contributed by atoms with van der Waals surface area (Å²) in [4.78, 5) is 2.37. The van der Waals surface area contributed by atoms with Gasteiger partial charge in [0.05, 0.1) is 11.4 Å². The molecular weight excluding hydrogens is 332 g/mol. The number of rotatable bonds is 5. The molecule has 2 heterocycles. The minimum absolute atomic E-state index is 0.222. The zero-order chi connectivity index (χ0) is 17.3. The second kappa shape index (κ2) is 6.81. The Balaban J connectivity index is 1.35. The summed E-state index contributed by atoms with van der Waals surface area (Å²) >= 11 is 0. The van der Waals surface area contributed by atoms with Crippen molar-refractivity contribution in [2.24, 2.45) is 0 Å². The molecule has 0 radical (unpaired) electrons.